The van der Waals surface area contributed by atoms with Gasteiger partial charge in [0.25, 0.3) is 0 Å². The first kappa shape index (κ1) is 15.0. The van der Waals surface area contributed by atoms with Crippen LogP contribution in [0.2, 0.25) is 0 Å². The van der Waals surface area contributed by atoms with Gasteiger partial charge in [0.1, 0.15) is 4.90 Å². The molecule has 3 rings (SSSR count). The molecule has 3 heterocycles. The van der Waals surface area contributed by atoms with Crippen LogP contribution in [0.25, 0.3) is 0 Å². The van der Waals surface area contributed by atoms with E-state index in [2.05, 4.69) is 14.7 Å². The number of hydrogen-bond donors (Lipinski definition) is 2. The smallest absolute Gasteiger partial charge is 0.243 e. The molecule has 2 saturated heterocycles. The molecule has 0 aliphatic carbocycles. The first-order valence-corrected chi connectivity index (χ1v) is 9.07. The summed E-state index contributed by atoms with van der Waals surface area (Å²) in [6, 6.07) is 0.376. The van der Waals surface area contributed by atoms with Crippen LogP contribution < -0.4 is 10.5 Å². The van der Waals surface area contributed by atoms with E-state index in [1.165, 1.54) is 19.0 Å². The lowest BCUT2D eigenvalue weighted by molar-refractivity contribution is 0.186. The average molecular weight is 313 g/mol. The van der Waals surface area contributed by atoms with Crippen molar-refractivity contribution in [2.45, 2.75) is 49.2 Å². The summed E-state index contributed by atoms with van der Waals surface area (Å²) in [7, 11) is -3.49. The maximum atomic E-state index is 12.5. The van der Waals surface area contributed by atoms with Gasteiger partial charge in [-0.25, -0.2) is 13.1 Å². The molecular formula is C13H23N5O2S. The summed E-state index contributed by atoms with van der Waals surface area (Å²) < 4.78 is 29.4. The van der Waals surface area contributed by atoms with Gasteiger partial charge >= 0.3 is 0 Å². The van der Waals surface area contributed by atoms with Crippen LogP contribution in [0.15, 0.2) is 17.3 Å². The van der Waals surface area contributed by atoms with E-state index in [1.807, 2.05) is 0 Å². The largest absolute Gasteiger partial charge is 0.329 e. The molecule has 8 heteroatoms. The molecule has 21 heavy (non-hydrogen) atoms. The van der Waals surface area contributed by atoms with Crippen molar-refractivity contribution in [3.05, 3.63) is 12.4 Å². The third kappa shape index (κ3) is 3.13. The van der Waals surface area contributed by atoms with Crippen molar-refractivity contribution in [1.29, 1.82) is 0 Å². The number of fused-ring (bicyclic) bond motifs is 1. The second-order valence-corrected chi connectivity index (χ2v) is 7.56. The molecule has 3 N–H and O–H groups in total. The van der Waals surface area contributed by atoms with Crippen LogP contribution in [0, 0.1) is 0 Å². The Kier molecular flexibility index (Phi) is 4.30. The molecule has 2 aliphatic heterocycles. The molecule has 2 atom stereocenters. The number of hydrogen-bond acceptors (Lipinski definition) is 5. The van der Waals surface area contributed by atoms with E-state index in [0.717, 1.165) is 25.9 Å². The van der Waals surface area contributed by atoms with Crippen molar-refractivity contribution in [2.24, 2.45) is 5.73 Å². The molecule has 0 bridgehead atoms. The van der Waals surface area contributed by atoms with Gasteiger partial charge < -0.3 is 5.73 Å². The Balaban J connectivity index is 1.70. The highest BCUT2D eigenvalue weighted by Gasteiger charge is 2.37. The second-order valence-electron chi connectivity index (χ2n) is 5.84. The van der Waals surface area contributed by atoms with Gasteiger partial charge in [0.2, 0.25) is 10.0 Å². The number of aromatic nitrogens is 2. The lowest BCUT2D eigenvalue weighted by Crippen LogP contribution is -2.46. The van der Waals surface area contributed by atoms with Crippen LogP contribution >= 0.6 is 0 Å². The van der Waals surface area contributed by atoms with Crippen LogP contribution in [-0.4, -0.2) is 54.8 Å². The number of nitrogens with one attached hydrogen (secondary N) is 1. The van der Waals surface area contributed by atoms with Crippen molar-refractivity contribution in [2.75, 3.05) is 19.6 Å². The highest BCUT2D eigenvalue weighted by atomic mass is 32.2. The fourth-order valence-corrected chi connectivity index (χ4v) is 4.65. The molecule has 0 spiro atoms. The van der Waals surface area contributed by atoms with Gasteiger partial charge in [0.05, 0.1) is 12.7 Å². The van der Waals surface area contributed by atoms with Crippen molar-refractivity contribution in [1.82, 2.24) is 19.4 Å². The van der Waals surface area contributed by atoms with E-state index in [4.69, 9.17) is 5.73 Å². The summed E-state index contributed by atoms with van der Waals surface area (Å²) in [5.41, 5.74) is 5.45. The second kappa shape index (κ2) is 6.04. The zero-order chi connectivity index (χ0) is 14.9. The fraction of sp³-hybridized carbons (Fsp3) is 0.769. The highest BCUT2D eigenvalue weighted by molar-refractivity contribution is 7.89. The minimum Gasteiger partial charge on any atom is -0.329 e. The molecule has 2 unspecified atom stereocenters. The minimum atomic E-state index is -3.49. The zero-order valence-corrected chi connectivity index (χ0v) is 12.9. The Hall–Kier alpha value is -0.960. The first-order chi connectivity index (χ1) is 10.1. The number of nitrogens with zero attached hydrogens (tertiary/aromatic N) is 3. The molecule has 0 amide bonds. The van der Waals surface area contributed by atoms with E-state index in [0.29, 0.717) is 19.1 Å². The number of piperidine rings is 1. The normalized spacial score (nSPS) is 26.9. The van der Waals surface area contributed by atoms with Crippen molar-refractivity contribution in [3.63, 3.8) is 0 Å². The summed E-state index contributed by atoms with van der Waals surface area (Å²) in [4.78, 5) is 2.64. The van der Waals surface area contributed by atoms with Crippen LogP contribution in [-0.2, 0) is 16.6 Å². The topological polar surface area (TPSA) is 93.2 Å². The van der Waals surface area contributed by atoms with Gasteiger partial charge in [-0.05, 0) is 25.8 Å². The van der Waals surface area contributed by atoms with Crippen LogP contribution in [0.5, 0.6) is 0 Å². The van der Waals surface area contributed by atoms with Crippen molar-refractivity contribution >= 4 is 10.0 Å². The lowest BCUT2D eigenvalue weighted by atomic mass is 10.00. The predicted molar refractivity (Wildman–Crippen MR) is 79.2 cm³/mol. The molecule has 2 aliphatic rings. The molecule has 0 saturated carbocycles. The Bertz CT molecular complexity index is 585. The van der Waals surface area contributed by atoms with Gasteiger partial charge in [-0.2, -0.15) is 5.10 Å². The Morgan fingerprint density at radius 2 is 2.19 bits per heavy atom. The average Bonchev–Trinajstić information content (AvgIpc) is 3.07. The Labute approximate surface area is 125 Å². The number of sulfonamides is 1. The minimum absolute atomic E-state index is 0.0214. The van der Waals surface area contributed by atoms with Crippen LogP contribution in [0.3, 0.4) is 0 Å². The van der Waals surface area contributed by atoms with E-state index >= 15 is 0 Å². The maximum absolute atomic E-state index is 12.5. The molecule has 7 nitrogen and oxygen atoms in total. The molecule has 0 radical (unpaired) electrons. The standard InChI is InChI=1S/C13H23N5O2S/c14-5-8-18-10-11(9-15-18)21(19,20)16-12-4-7-17-6-2-1-3-13(12)17/h9-10,12-13,16H,1-8,14H2. The van der Waals surface area contributed by atoms with Crippen LogP contribution in [0.4, 0.5) is 0 Å². The van der Waals surface area contributed by atoms with Crippen LogP contribution in [0.1, 0.15) is 25.7 Å². The van der Waals surface area contributed by atoms with Gasteiger partial charge in [0.15, 0.2) is 0 Å². The molecule has 118 valence electrons. The quantitative estimate of drug-likeness (QED) is 0.782. The molecular weight excluding hydrogens is 290 g/mol. The molecule has 0 aromatic carbocycles. The summed E-state index contributed by atoms with van der Waals surface area (Å²) in [6.07, 6.45) is 7.32. The monoisotopic (exact) mass is 313 g/mol. The molecule has 1 aromatic rings. The van der Waals surface area contributed by atoms with E-state index in [-0.39, 0.29) is 10.9 Å². The third-order valence-corrected chi connectivity index (χ3v) is 5.89. The highest BCUT2D eigenvalue weighted by Crippen LogP contribution is 2.28. The molecule has 1 aromatic heterocycles. The summed E-state index contributed by atoms with van der Waals surface area (Å²) >= 11 is 0. The van der Waals surface area contributed by atoms with E-state index in [1.54, 1.807) is 10.9 Å². The number of nitrogens with two attached hydrogens (primary N) is 1. The van der Waals surface area contributed by atoms with Gasteiger partial charge in [-0.3, -0.25) is 9.58 Å². The SMILES string of the molecule is NCCn1cc(S(=O)(=O)NC2CCN3CCCCC23)cn1. The first-order valence-electron chi connectivity index (χ1n) is 7.59. The summed E-state index contributed by atoms with van der Waals surface area (Å²) in [5, 5.41) is 4.04. The van der Waals surface area contributed by atoms with Gasteiger partial charge in [0, 0.05) is 31.4 Å². The Morgan fingerprint density at radius 3 is 3.00 bits per heavy atom. The summed E-state index contributed by atoms with van der Waals surface area (Å²) in [5.74, 6) is 0. The lowest BCUT2D eigenvalue weighted by Gasteiger charge is -2.32. The van der Waals surface area contributed by atoms with Gasteiger partial charge in [-0.15, -0.1) is 0 Å². The third-order valence-electron chi connectivity index (χ3n) is 4.44. The fourth-order valence-electron chi connectivity index (χ4n) is 3.39. The van der Waals surface area contributed by atoms with E-state index in [9.17, 15) is 8.42 Å². The number of rotatable bonds is 5. The maximum Gasteiger partial charge on any atom is 0.243 e. The van der Waals surface area contributed by atoms with Gasteiger partial charge in [-0.1, -0.05) is 6.42 Å². The van der Waals surface area contributed by atoms with Crippen molar-refractivity contribution in [3.8, 4) is 0 Å². The Morgan fingerprint density at radius 1 is 1.33 bits per heavy atom. The van der Waals surface area contributed by atoms with Crippen molar-refractivity contribution < 1.29 is 8.42 Å². The van der Waals surface area contributed by atoms with E-state index < -0.39 is 10.0 Å². The zero-order valence-electron chi connectivity index (χ0n) is 12.1. The summed E-state index contributed by atoms with van der Waals surface area (Å²) in [6.45, 7) is 3.05. The molecule has 2 fully saturated rings. The predicted octanol–water partition coefficient (Wildman–Crippen LogP) is -0.253.